The van der Waals surface area contributed by atoms with Crippen molar-refractivity contribution in [2.24, 2.45) is 5.92 Å². The molecule has 0 bridgehead atoms. The molecule has 5 nitrogen and oxygen atoms in total. The largest absolute Gasteiger partial charge is 0.379 e. The molecule has 0 spiro atoms. The number of nitrogens with zero attached hydrogens (tertiary/aromatic N) is 2. The number of ether oxygens (including phenoxy) is 1. The van der Waals surface area contributed by atoms with Crippen molar-refractivity contribution in [3.63, 3.8) is 0 Å². The maximum Gasteiger partial charge on any atom is 0.224 e. The highest BCUT2D eigenvalue weighted by Crippen LogP contribution is 2.16. The fraction of sp³-hybridized carbons (Fsp3) is 0.933. The minimum Gasteiger partial charge on any atom is -0.379 e. The predicted molar refractivity (Wildman–Crippen MR) is 79.7 cm³/mol. The third kappa shape index (κ3) is 4.17. The molecule has 2 rings (SSSR count). The lowest BCUT2D eigenvalue weighted by Crippen LogP contribution is -2.59. The van der Waals surface area contributed by atoms with Gasteiger partial charge in [-0.25, -0.2) is 0 Å². The number of carbonyl (C=O) groups is 1. The van der Waals surface area contributed by atoms with Crippen molar-refractivity contribution in [3.8, 4) is 0 Å². The number of hydrogen-bond donors (Lipinski definition) is 1. The fourth-order valence-electron chi connectivity index (χ4n) is 3.03. The molecule has 2 heterocycles. The molecule has 1 amide bonds. The first-order valence-electron chi connectivity index (χ1n) is 7.91. The summed E-state index contributed by atoms with van der Waals surface area (Å²) in [6.45, 7) is 12.7. The molecule has 0 aromatic carbocycles. The van der Waals surface area contributed by atoms with Crippen LogP contribution in [0.1, 0.15) is 27.2 Å². The van der Waals surface area contributed by atoms with E-state index < -0.39 is 0 Å². The fourth-order valence-corrected chi connectivity index (χ4v) is 3.03. The number of amides is 1. The number of morpholine rings is 1. The van der Waals surface area contributed by atoms with Crippen LogP contribution in [0.25, 0.3) is 0 Å². The zero-order chi connectivity index (χ0) is 14.5. The van der Waals surface area contributed by atoms with E-state index in [9.17, 15) is 4.79 Å². The summed E-state index contributed by atoms with van der Waals surface area (Å²) < 4.78 is 5.34. The Balaban J connectivity index is 1.84. The van der Waals surface area contributed by atoms with E-state index in [2.05, 4.69) is 35.9 Å². The van der Waals surface area contributed by atoms with E-state index in [0.29, 0.717) is 30.3 Å². The second-order valence-electron chi connectivity index (χ2n) is 6.37. The van der Waals surface area contributed by atoms with Gasteiger partial charge in [0.25, 0.3) is 0 Å². The molecule has 2 atom stereocenters. The average molecular weight is 283 g/mol. The topological polar surface area (TPSA) is 44.8 Å². The Morgan fingerprint density at radius 1 is 1.35 bits per heavy atom. The van der Waals surface area contributed by atoms with Gasteiger partial charge in [0.1, 0.15) is 0 Å². The van der Waals surface area contributed by atoms with E-state index in [1.165, 1.54) is 0 Å². The summed E-state index contributed by atoms with van der Waals surface area (Å²) in [7, 11) is 0. The zero-order valence-corrected chi connectivity index (χ0v) is 13.1. The van der Waals surface area contributed by atoms with Crippen LogP contribution < -0.4 is 5.32 Å². The van der Waals surface area contributed by atoms with Gasteiger partial charge in [-0.3, -0.25) is 9.69 Å². The van der Waals surface area contributed by atoms with Crippen LogP contribution in [0, 0.1) is 5.92 Å². The first-order chi connectivity index (χ1) is 9.58. The summed E-state index contributed by atoms with van der Waals surface area (Å²) in [5.41, 5.74) is 0. The van der Waals surface area contributed by atoms with Crippen LogP contribution in [-0.2, 0) is 9.53 Å². The molecule has 0 aromatic rings. The zero-order valence-electron chi connectivity index (χ0n) is 13.1. The Morgan fingerprint density at radius 2 is 2.05 bits per heavy atom. The van der Waals surface area contributed by atoms with E-state index in [4.69, 9.17) is 4.74 Å². The molecular weight excluding hydrogens is 254 g/mol. The second kappa shape index (κ2) is 7.38. The number of nitrogens with one attached hydrogen (secondary N) is 1. The maximum atomic E-state index is 12.5. The van der Waals surface area contributed by atoms with E-state index in [0.717, 1.165) is 45.9 Å². The van der Waals surface area contributed by atoms with Gasteiger partial charge in [-0.15, -0.1) is 0 Å². The van der Waals surface area contributed by atoms with Crippen molar-refractivity contribution in [1.29, 1.82) is 0 Å². The molecule has 1 N–H and O–H groups in total. The smallest absolute Gasteiger partial charge is 0.224 e. The third-order valence-electron chi connectivity index (χ3n) is 4.38. The first kappa shape index (κ1) is 15.7. The monoisotopic (exact) mass is 283 g/mol. The lowest BCUT2D eigenvalue weighted by atomic mass is 9.98. The van der Waals surface area contributed by atoms with E-state index in [1.54, 1.807) is 0 Å². The van der Waals surface area contributed by atoms with Crippen LogP contribution in [0.2, 0.25) is 0 Å². The molecule has 2 fully saturated rings. The molecule has 5 heteroatoms. The maximum absolute atomic E-state index is 12.5. The quantitative estimate of drug-likeness (QED) is 0.818. The Kier molecular flexibility index (Phi) is 5.81. The highest BCUT2D eigenvalue weighted by molar-refractivity contribution is 5.77. The molecule has 2 aliphatic heterocycles. The molecule has 2 aliphatic rings. The number of carbonyl (C=O) groups excluding carboxylic acids is 1. The van der Waals surface area contributed by atoms with Crippen molar-refractivity contribution < 1.29 is 9.53 Å². The molecule has 116 valence electrons. The van der Waals surface area contributed by atoms with Crippen molar-refractivity contribution in [2.75, 3.05) is 45.9 Å². The molecule has 2 saturated heterocycles. The lowest BCUT2D eigenvalue weighted by Gasteiger charge is -2.42. The van der Waals surface area contributed by atoms with Crippen molar-refractivity contribution in [2.45, 2.75) is 39.3 Å². The molecule has 0 aliphatic carbocycles. The summed E-state index contributed by atoms with van der Waals surface area (Å²) in [5.74, 6) is 0.811. The van der Waals surface area contributed by atoms with Gasteiger partial charge in [0.2, 0.25) is 5.91 Å². The summed E-state index contributed by atoms with van der Waals surface area (Å²) in [4.78, 5) is 17.0. The Hall–Kier alpha value is -0.650. The highest BCUT2D eigenvalue weighted by Gasteiger charge is 2.31. The standard InChI is InChI=1S/C15H29N3O2/c1-12(2)14-10-16-13(3)11-18(14)15(19)4-5-17-6-8-20-9-7-17/h12-14,16H,4-11H2,1-3H3. The van der Waals surface area contributed by atoms with Gasteiger partial charge in [0, 0.05) is 51.2 Å². The van der Waals surface area contributed by atoms with Crippen molar-refractivity contribution in [1.82, 2.24) is 15.1 Å². The summed E-state index contributed by atoms with van der Waals surface area (Å²) in [5, 5.41) is 3.48. The lowest BCUT2D eigenvalue weighted by molar-refractivity contribution is -0.136. The van der Waals surface area contributed by atoms with Crippen LogP contribution in [-0.4, -0.2) is 73.7 Å². The molecule has 20 heavy (non-hydrogen) atoms. The van der Waals surface area contributed by atoms with Gasteiger partial charge >= 0.3 is 0 Å². The molecular formula is C15H29N3O2. The Morgan fingerprint density at radius 3 is 2.70 bits per heavy atom. The predicted octanol–water partition coefficient (Wildman–Crippen LogP) is 0.554. The highest BCUT2D eigenvalue weighted by atomic mass is 16.5. The van der Waals surface area contributed by atoms with Crippen LogP contribution >= 0.6 is 0 Å². The van der Waals surface area contributed by atoms with Crippen molar-refractivity contribution >= 4 is 5.91 Å². The van der Waals surface area contributed by atoms with Crippen molar-refractivity contribution in [3.05, 3.63) is 0 Å². The van der Waals surface area contributed by atoms with Gasteiger partial charge in [-0.1, -0.05) is 13.8 Å². The average Bonchev–Trinajstić information content (AvgIpc) is 2.45. The van der Waals surface area contributed by atoms with Gasteiger partial charge in [0.15, 0.2) is 0 Å². The molecule has 0 aromatic heterocycles. The van der Waals surface area contributed by atoms with E-state index >= 15 is 0 Å². The van der Waals surface area contributed by atoms with Crippen LogP contribution in [0.5, 0.6) is 0 Å². The van der Waals surface area contributed by atoms with Gasteiger partial charge in [0.05, 0.1) is 13.2 Å². The molecule has 0 radical (unpaired) electrons. The summed E-state index contributed by atoms with van der Waals surface area (Å²) in [6, 6.07) is 0.737. The van der Waals surface area contributed by atoms with Crippen LogP contribution in [0.15, 0.2) is 0 Å². The van der Waals surface area contributed by atoms with Gasteiger partial charge in [-0.2, -0.15) is 0 Å². The molecule has 2 unspecified atom stereocenters. The minimum atomic E-state index is 0.309. The van der Waals surface area contributed by atoms with Crippen LogP contribution in [0.4, 0.5) is 0 Å². The Bertz CT molecular complexity index is 316. The number of hydrogen-bond acceptors (Lipinski definition) is 4. The van der Waals surface area contributed by atoms with Gasteiger partial charge < -0.3 is 15.0 Å². The third-order valence-corrected chi connectivity index (χ3v) is 4.38. The SMILES string of the molecule is CC1CN(C(=O)CCN2CCOCC2)C(C(C)C)CN1. The Labute approximate surface area is 122 Å². The summed E-state index contributed by atoms with van der Waals surface area (Å²) in [6.07, 6.45) is 0.635. The minimum absolute atomic E-state index is 0.309. The van der Waals surface area contributed by atoms with Crippen LogP contribution in [0.3, 0.4) is 0 Å². The van der Waals surface area contributed by atoms with Gasteiger partial charge in [-0.05, 0) is 12.8 Å². The van der Waals surface area contributed by atoms with E-state index in [1.807, 2.05) is 0 Å². The molecule has 0 saturated carbocycles. The first-order valence-corrected chi connectivity index (χ1v) is 7.91. The number of piperazine rings is 1. The second-order valence-corrected chi connectivity index (χ2v) is 6.37. The normalized spacial score (nSPS) is 28.9. The number of rotatable bonds is 4. The van der Waals surface area contributed by atoms with E-state index in [-0.39, 0.29) is 0 Å². The summed E-state index contributed by atoms with van der Waals surface area (Å²) >= 11 is 0.